The lowest BCUT2D eigenvalue weighted by atomic mass is 10.1. The zero-order valence-corrected chi connectivity index (χ0v) is 16.4. The SMILES string of the molecule is COc1ccc(CCNc2nccc(C(=O)NCc3cccnc3)n2)cc1OC. The summed E-state index contributed by atoms with van der Waals surface area (Å²) in [5.41, 5.74) is 2.31. The molecule has 3 aromatic rings. The molecule has 8 heteroatoms. The van der Waals surface area contributed by atoms with Crippen LogP contribution in [0.2, 0.25) is 0 Å². The van der Waals surface area contributed by atoms with Gasteiger partial charge in [-0.1, -0.05) is 12.1 Å². The summed E-state index contributed by atoms with van der Waals surface area (Å²) in [4.78, 5) is 24.8. The number of hydrogen-bond donors (Lipinski definition) is 2. The third-order valence-electron chi connectivity index (χ3n) is 4.21. The summed E-state index contributed by atoms with van der Waals surface area (Å²) < 4.78 is 10.6. The van der Waals surface area contributed by atoms with E-state index in [1.54, 1.807) is 38.9 Å². The summed E-state index contributed by atoms with van der Waals surface area (Å²) in [6, 6.07) is 11.1. The maximum absolute atomic E-state index is 12.3. The Labute approximate surface area is 169 Å². The lowest BCUT2D eigenvalue weighted by Crippen LogP contribution is -2.24. The van der Waals surface area contributed by atoms with E-state index in [-0.39, 0.29) is 5.91 Å². The van der Waals surface area contributed by atoms with E-state index in [9.17, 15) is 4.79 Å². The standard InChI is InChI=1S/C21H23N5O3/c1-28-18-6-5-15(12-19(18)29-2)7-10-23-21-24-11-8-17(26-21)20(27)25-14-16-4-3-9-22-13-16/h3-6,8-9,11-13H,7,10,14H2,1-2H3,(H,25,27)(H,23,24,26). The molecule has 150 valence electrons. The molecule has 0 saturated heterocycles. The van der Waals surface area contributed by atoms with Crippen LogP contribution in [0.25, 0.3) is 0 Å². The van der Waals surface area contributed by atoms with Crippen LogP contribution in [0.15, 0.2) is 55.0 Å². The Hall–Kier alpha value is -3.68. The van der Waals surface area contributed by atoms with Crippen LogP contribution in [0, 0.1) is 0 Å². The van der Waals surface area contributed by atoms with Crippen molar-refractivity contribution in [3.63, 3.8) is 0 Å². The van der Waals surface area contributed by atoms with Gasteiger partial charge in [0.15, 0.2) is 11.5 Å². The van der Waals surface area contributed by atoms with Crippen LogP contribution >= 0.6 is 0 Å². The highest BCUT2D eigenvalue weighted by Crippen LogP contribution is 2.27. The summed E-state index contributed by atoms with van der Waals surface area (Å²) in [7, 11) is 3.22. The van der Waals surface area contributed by atoms with Crippen LogP contribution in [0.3, 0.4) is 0 Å². The Morgan fingerprint density at radius 3 is 2.66 bits per heavy atom. The molecule has 0 bridgehead atoms. The molecule has 0 aliphatic heterocycles. The van der Waals surface area contributed by atoms with Gasteiger partial charge >= 0.3 is 0 Å². The zero-order chi connectivity index (χ0) is 20.5. The first-order chi connectivity index (χ1) is 14.2. The average molecular weight is 393 g/mol. The van der Waals surface area contributed by atoms with E-state index in [4.69, 9.17) is 9.47 Å². The van der Waals surface area contributed by atoms with Crippen LogP contribution < -0.4 is 20.1 Å². The van der Waals surface area contributed by atoms with Crippen molar-refractivity contribution in [2.24, 2.45) is 0 Å². The van der Waals surface area contributed by atoms with E-state index < -0.39 is 0 Å². The summed E-state index contributed by atoms with van der Waals surface area (Å²) in [6.07, 6.45) is 5.70. The molecule has 1 amide bonds. The monoisotopic (exact) mass is 393 g/mol. The Morgan fingerprint density at radius 2 is 1.90 bits per heavy atom. The normalized spacial score (nSPS) is 10.3. The van der Waals surface area contributed by atoms with Crippen molar-refractivity contribution in [2.45, 2.75) is 13.0 Å². The number of anilines is 1. The highest BCUT2D eigenvalue weighted by atomic mass is 16.5. The molecule has 0 unspecified atom stereocenters. The number of ether oxygens (including phenoxy) is 2. The molecule has 0 fully saturated rings. The summed E-state index contributed by atoms with van der Waals surface area (Å²) in [5, 5.41) is 5.97. The number of hydrogen-bond acceptors (Lipinski definition) is 7. The third kappa shape index (κ3) is 5.65. The van der Waals surface area contributed by atoms with Gasteiger partial charge in [-0.2, -0.15) is 0 Å². The van der Waals surface area contributed by atoms with Crippen molar-refractivity contribution in [1.82, 2.24) is 20.3 Å². The van der Waals surface area contributed by atoms with Gasteiger partial charge in [0.2, 0.25) is 5.95 Å². The average Bonchev–Trinajstić information content (AvgIpc) is 2.78. The number of aromatic nitrogens is 3. The Bertz CT molecular complexity index is 950. The van der Waals surface area contributed by atoms with Crippen molar-refractivity contribution >= 4 is 11.9 Å². The van der Waals surface area contributed by atoms with E-state index in [1.807, 2.05) is 30.3 Å². The summed E-state index contributed by atoms with van der Waals surface area (Å²) in [6.45, 7) is 0.995. The van der Waals surface area contributed by atoms with Crippen LogP contribution in [0.1, 0.15) is 21.6 Å². The van der Waals surface area contributed by atoms with Gasteiger partial charge < -0.3 is 20.1 Å². The van der Waals surface area contributed by atoms with E-state index in [0.29, 0.717) is 36.2 Å². The molecular formula is C21H23N5O3. The van der Waals surface area contributed by atoms with Crippen LogP contribution in [-0.4, -0.2) is 41.6 Å². The van der Waals surface area contributed by atoms with Crippen LogP contribution in [0.5, 0.6) is 11.5 Å². The van der Waals surface area contributed by atoms with Crippen molar-refractivity contribution in [3.05, 3.63) is 71.8 Å². The Balaban J connectivity index is 1.54. The summed E-state index contributed by atoms with van der Waals surface area (Å²) in [5.74, 6) is 1.52. The van der Waals surface area contributed by atoms with Crippen molar-refractivity contribution < 1.29 is 14.3 Å². The fraction of sp³-hybridized carbons (Fsp3) is 0.238. The van der Waals surface area contributed by atoms with E-state index in [0.717, 1.165) is 17.5 Å². The molecule has 1 aromatic carbocycles. The number of benzene rings is 1. The molecule has 0 saturated carbocycles. The summed E-state index contributed by atoms with van der Waals surface area (Å²) >= 11 is 0. The smallest absolute Gasteiger partial charge is 0.270 e. The molecular weight excluding hydrogens is 370 g/mol. The van der Waals surface area contributed by atoms with Gasteiger partial charge in [-0.15, -0.1) is 0 Å². The number of methoxy groups -OCH3 is 2. The molecule has 0 radical (unpaired) electrons. The van der Waals surface area contributed by atoms with E-state index >= 15 is 0 Å². The number of nitrogens with zero attached hydrogens (tertiary/aromatic N) is 3. The fourth-order valence-electron chi connectivity index (χ4n) is 2.70. The molecule has 2 aromatic heterocycles. The minimum absolute atomic E-state index is 0.265. The quantitative estimate of drug-likeness (QED) is 0.576. The molecule has 0 spiro atoms. The maximum atomic E-state index is 12.3. The van der Waals surface area contributed by atoms with Crippen molar-refractivity contribution in [2.75, 3.05) is 26.1 Å². The second-order valence-electron chi connectivity index (χ2n) is 6.18. The molecule has 0 aliphatic rings. The first-order valence-electron chi connectivity index (χ1n) is 9.14. The molecule has 0 aliphatic carbocycles. The second-order valence-corrected chi connectivity index (χ2v) is 6.18. The number of rotatable bonds is 9. The van der Waals surface area contributed by atoms with Gasteiger partial charge in [0.1, 0.15) is 5.69 Å². The van der Waals surface area contributed by atoms with Gasteiger partial charge in [0, 0.05) is 31.7 Å². The van der Waals surface area contributed by atoms with Crippen LogP contribution in [0.4, 0.5) is 5.95 Å². The predicted octanol–water partition coefficient (Wildman–Crippen LogP) is 2.47. The Kier molecular flexibility index (Phi) is 6.94. The number of pyridine rings is 1. The largest absolute Gasteiger partial charge is 0.493 e. The van der Waals surface area contributed by atoms with Gasteiger partial charge in [0.05, 0.1) is 14.2 Å². The number of carbonyl (C=O) groups is 1. The van der Waals surface area contributed by atoms with Gasteiger partial charge in [0.25, 0.3) is 5.91 Å². The van der Waals surface area contributed by atoms with E-state index in [1.165, 1.54) is 0 Å². The van der Waals surface area contributed by atoms with Gasteiger partial charge in [-0.25, -0.2) is 9.97 Å². The fourth-order valence-corrected chi connectivity index (χ4v) is 2.70. The number of amides is 1. The third-order valence-corrected chi connectivity index (χ3v) is 4.21. The Morgan fingerprint density at radius 1 is 1.03 bits per heavy atom. The second kappa shape index (κ2) is 10.0. The first-order valence-corrected chi connectivity index (χ1v) is 9.14. The topological polar surface area (TPSA) is 98.3 Å². The minimum atomic E-state index is -0.265. The first kappa shape index (κ1) is 20.1. The predicted molar refractivity (Wildman–Crippen MR) is 109 cm³/mol. The lowest BCUT2D eigenvalue weighted by Gasteiger charge is -2.10. The molecule has 2 heterocycles. The highest BCUT2D eigenvalue weighted by molar-refractivity contribution is 5.92. The highest BCUT2D eigenvalue weighted by Gasteiger charge is 2.09. The number of carbonyl (C=O) groups excluding carboxylic acids is 1. The van der Waals surface area contributed by atoms with Gasteiger partial charge in [-0.3, -0.25) is 9.78 Å². The number of nitrogens with one attached hydrogen (secondary N) is 2. The van der Waals surface area contributed by atoms with Gasteiger partial charge in [-0.05, 0) is 41.8 Å². The molecule has 2 N–H and O–H groups in total. The molecule has 0 atom stereocenters. The molecule has 8 nitrogen and oxygen atoms in total. The molecule has 3 rings (SSSR count). The minimum Gasteiger partial charge on any atom is -0.493 e. The zero-order valence-electron chi connectivity index (χ0n) is 16.4. The van der Waals surface area contributed by atoms with Crippen molar-refractivity contribution in [3.8, 4) is 11.5 Å². The lowest BCUT2D eigenvalue weighted by molar-refractivity contribution is 0.0946. The maximum Gasteiger partial charge on any atom is 0.270 e. The van der Waals surface area contributed by atoms with Crippen LogP contribution in [-0.2, 0) is 13.0 Å². The molecule has 29 heavy (non-hydrogen) atoms. The van der Waals surface area contributed by atoms with E-state index in [2.05, 4.69) is 25.6 Å². The van der Waals surface area contributed by atoms with Crippen molar-refractivity contribution in [1.29, 1.82) is 0 Å².